The first-order valence-corrected chi connectivity index (χ1v) is 4.65. The standard InChI is InChI=1S/C9H15N5O/c1-5(2)8(9(11)15)12-7-4-3-6(10)13-14-7/h3-5,8H,1-2H3,(H2,10,13)(H2,11,15)(H,12,14). The Bertz CT molecular complexity index is 335. The molecule has 1 aromatic rings. The lowest BCUT2D eigenvalue weighted by Crippen LogP contribution is -2.39. The van der Waals surface area contributed by atoms with Gasteiger partial charge in [0.15, 0.2) is 0 Å². The molecular weight excluding hydrogens is 194 g/mol. The topological polar surface area (TPSA) is 107 Å². The number of carbonyl (C=O) groups excluding carboxylic acids is 1. The summed E-state index contributed by atoms with van der Waals surface area (Å²) in [5.74, 6) is 0.493. The molecule has 0 saturated carbocycles. The number of carbonyl (C=O) groups is 1. The molecule has 1 heterocycles. The van der Waals surface area contributed by atoms with Crippen molar-refractivity contribution in [3.05, 3.63) is 12.1 Å². The number of nitrogens with zero attached hydrogens (tertiary/aromatic N) is 2. The second kappa shape index (κ2) is 4.59. The van der Waals surface area contributed by atoms with Crippen LogP contribution in [0, 0.1) is 5.92 Å². The molecule has 6 heteroatoms. The van der Waals surface area contributed by atoms with Gasteiger partial charge in [0.05, 0.1) is 0 Å². The zero-order chi connectivity index (χ0) is 11.4. The minimum Gasteiger partial charge on any atom is -0.382 e. The maximum absolute atomic E-state index is 11.1. The Hall–Kier alpha value is -1.85. The van der Waals surface area contributed by atoms with E-state index in [0.29, 0.717) is 11.6 Å². The number of nitrogens with two attached hydrogens (primary N) is 2. The summed E-state index contributed by atoms with van der Waals surface area (Å²) in [6, 6.07) is 2.80. The highest BCUT2D eigenvalue weighted by atomic mass is 16.1. The summed E-state index contributed by atoms with van der Waals surface area (Å²) in [6.45, 7) is 3.79. The highest BCUT2D eigenvalue weighted by Gasteiger charge is 2.19. The molecule has 6 nitrogen and oxygen atoms in total. The van der Waals surface area contributed by atoms with E-state index in [0.717, 1.165) is 0 Å². The Balaban J connectivity index is 2.74. The fourth-order valence-electron chi connectivity index (χ4n) is 1.15. The minimum absolute atomic E-state index is 0.0850. The molecule has 0 aliphatic rings. The summed E-state index contributed by atoms with van der Waals surface area (Å²) in [5, 5.41) is 10.4. The van der Waals surface area contributed by atoms with Gasteiger partial charge in [0.1, 0.15) is 17.7 Å². The van der Waals surface area contributed by atoms with Crippen LogP contribution in [0.25, 0.3) is 0 Å². The van der Waals surface area contributed by atoms with Crippen LogP contribution in [0.2, 0.25) is 0 Å². The number of amides is 1. The van der Waals surface area contributed by atoms with Crippen molar-refractivity contribution in [2.24, 2.45) is 11.7 Å². The Morgan fingerprint density at radius 3 is 2.47 bits per heavy atom. The number of rotatable bonds is 4. The monoisotopic (exact) mass is 209 g/mol. The van der Waals surface area contributed by atoms with Crippen molar-refractivity contribution in [1.82, 2.24) is 10.2 Å². The van der Waals surface area contributed by atoms with Gasteiger partial charge in [0.25, 0.3) is 0 Å². The highest BCUT2D eigenvalue weighted by molar-refractivity contribution is 5.82. The van der Waals surface area contributed by atoms with E-state index in [1.54, 1.807) is 12.1 Å². The lowest BCUT2D eigenvalue weighted by atomic mass is 10.0. The summed E-state index contributed by atoms with van der Waals surface area (Å²) in [7, 11) is 0. The van der Waals surface area contributed by atoms with Crippen LogP contribution in [0.1, 0.15) is 13.8 Å². The molecule has 82 valence electrons. The van der Waals surface area contributed by atoms with Crippen LogP contribution >= 0.6 is 0 Å². The van der Waals surface area contributed by atoms with Crippen molar-refractivity contribution in [2.75, 3.05) is 11.1 Å². The van der Waals surface area contributed by atoms with E-state index in [4.69, 9.17) is 11.5 Å². The molecule has 5 N–H and O–H groups in total. The van der Waals surface area contributed by atoms with Crippen molar-refractivity contribution < 1.29 is 4.79 Å². The fourth-order valence-corrected chi connectivity index (χ4v) is 1.15. The Kier molecular flexibility index (Phi) is 3.43. The molecule has 0 bridgehead atoms. The molecule has 1 aromatic heterocycles. The molecule has 0 saturated heterocycles. The van der Waals surface area contributed by atoms with Crippen molar-refractivity contribution in [3.8, 4) is 0 Å². The van der Waals surface area contributed by atoms with Gasteiger partial charge < -0.3 is 16.8 Å². The first kappa shape index (κ1) is 11.2. The normalized spacial score (nSPS) is 12.5. The Morgan fingerprint density at radius 2 is 2.07 bits per heavy atom. The lowest BCUT2D eigenvalue weighted by molar-refractivity contribution is -0.119. The summed E-state index contributed by atoms with van der Waals surface area (Å²) in [4.78, 5) is 11.1. The molecule has 1 rings (SSSR count). The van der Waals surface area contributed by atoms with E-state index >= 15 is 0 Å². The van der Waals surface area contributed by atoms with Crippen molar-refractivity contribution >= 4 is 17.5 Å². The van der Waals surface area contributed by atoms with Gasteiger partial charge in [-0.1, -0.05) is 13.8 Å². The van der Waals surface area contributed by atoms with Crippen molar-refractivity contribution in [1.29, 1.82) is 0 Å². The van der Waals surface area contributed by atoms with Gasteiger partial charge in [0, 0.05) is 0 Å². The third-order valence-electron chi connectivity index (χ3n) is 1.96. The molecule has 0 radical (unpaired) electrons. The number of primary amides is 1. The molecule has 1 atom stereocenters. The molecule has 1 amide bonds. The molecule has 0 aliphatic carbocycles. The Morgan fingerprint density at radius 1 is 1.40 bits per heavy atom. The van der Waals surface area contributed by atoms with Crippen LogP contribution < -0.4 is 16.8 Å². The van der Waals surface area contributed by atoms with Gasteiger partial charge in [-0.3, -0.25) is 4.79 Å². The van der Waals surface area contributed by atoms with Crippen LogP contribution in [0.3, 0.4) is 0 Å². The average Bonchev–Trinajstić information content (AvgIpc) is 2.15. The molecule has 0 aliphatic heterocycles. The van der Waals surface area contributed by atoms with Crippen LogP contribution in [-0.2, 0) is 4.79 Å². The molecule has 0 aromatic carbocycles. The zero-order valence-electron chi connectivity index (χ0n) is 8.77. The van der Waals surface area contributed by atoms with Gasteiger partial charge in [-0.15, -0.1) is 10.2 Å². The lowest BCUT2D eigenvalue weighted by Gasteiger charge is -2.18. The number of anilines is 2. The van der Waals surface area contributed by atoms with Crippen molar-refractivity contribution in [3.63, 3.8) is 0 Å². The van der Waals surface area contributed by atoms with E-state index in [1.165, 1.54) is 0 Å². The second-order valence-electron chi connectivity index (χ2n) is 3.61. The van der Waals surface area contributed by atoms with Gasteiger partial charge in [-0.05, 0) is 18.1 Å². The minimum atomic E-state index is -0.456. The summed E-state index contributed by atoms with van der Waals surface area (Å²) < 4.78 is 0. The maximum atomic E-state index is 11.1. The summed E-state index contributed by atoms with van der Waals surface area (Å²) in [6.07, 6.45) is 0. The van der Waals surface area contributed by atoms with Gasteiger partial charge in [-0.2, -0.15) is 0 Å². The molecular formula is C9H15N5O. The zero-order valence-corrected chi connectivity index (χ0v) is 8.77. The molecule has 0 fully saturated rings. The predicted molar refractivity (Wildman–Crippen MR) is 57.9 cm³/mol. The first-order chi connectivity index (χ1) is 7.00. The molecule has 1 unspecified atom stereocenters. The second-order valence-corrected chi connectivity index (χ2v) is 3.61. The molecule has 0 spiro atoms. The summed E-state index contributed by atoms with van der Waals surface area (Å²) >= 11 is 0. The predicted octanol–water partition coefficient (Wildman–Crippen LogP) is -0.0194. The quantitative estimate of drug-likeness (QED) is 0.646. The van der Waals surface area contributed by atoms with E-state index in [-0.39, 0.29) is 5.92 Å². The van der Waals surface area contributed by atoms with Gasteiger partial charge in [-0.25, -0.2) is 0 Å². The number of hydrogen-bond donors (Lipinski definition) is 3. The third kappa shape index (κ3) is 3.08. The average molecular weight is 209 g/mol. The van der Waals surface area contributed by atoms with Gasteiger partial charge in [0.2, 0.25) is 5.91 Å². The van der Waals surface area contributed by atoms with E-state index in [9.17, 15) is 4.79 Å². The van der Waals surface area contributed by atoms with Crippen LogP contribution in [0.5, 0.6) is 0 Å². The number of nitrogen functional groups attached to an aromatic ring is 1. The largest absolute Gasteiger partial charge is 0.382 e. The number of nitrogens with one attached hydrogen (secondary N) is 1. The smallest absolute Gasteiger partial charge is 0.240 e. The van der Waals surface area contributed by atoms with E-state index < -0.39 is 11.9 Å². The van der Waals surface area contributed by atoms with E-state index in [2.05, 4.69) is 15.5 Å². The molecule has 15 heavy (non-hydrogen) atoms. The third-order valence-corrected chi connectivity index (χ3v) is 1.96. The van der Waals surface area contributed by atoms with Crippen LogP contribution in [0.15, 0.2) is 12.1 Å². The maximum Gasteiger partial charge on any atom is 0.240 e. The van der Waals surface area contributed by atoms with Crippen LogP contribution in [-0.4, -0.2) is 22.1 Å². The Labute approximate surface area is 88.1 Å². The number of aromatic nitrogens is 2. The first-order valence-electron chi connectivity index (χ1n) is 4.65. The van der Waals surface area contributed by atoms with Gasteiger partial charge >= 0.3 is 0 Å². The summed E-state index contributed by atoms with van der Waals surface area (Å²) in [5.41, 5.74) is 10.6. The van der Waals surface area contributed by atoms with Crippen LogP contribution in [0.4, 0.5) is 11.6 Å². The van der Waals surface area contributed by atoms with Crippen molar-refractivity contribution in [2.45, 2.75) is 19.9 Å². The van der Waals surface area contributed by atoms with E-state index in [1.807, 2.05) is 13.8 Å². The number of hydrogen-bond acceptors (Lipinski definition) is 5. The SMILES string of the molecule is CC(C)C(Nc1ccc(N)nn1)C(N)=O. The fraction of sp³-hybridized carbons (Fsp3) is 0.444. The highest BCUT2D eigenvalue weighted by Crippen LogP contribution is 2.09.